The first kappa shape index (κ1) is 14.4. The number of aryl methyl sites for hydroxylation is 2. The number of aliphatic hydroxyl groups excluding tert-OH is 1. The third-order valence-electron chi connectivity index (χ3n) is 4.44. The van der Waals surface area contributed by atoms with Crippen molar-refractivity contribution in [2.75, 3.05) is 13.2 Å². The zero-order valence-corrected chi connectivity index (χ0v) is 12.2. The topological polar surface area (TPSA) is 43.7 Å². The fraction of sp³-hybridized carbons (Fsp3) is 0.625. The molecule has 1 aliphatic heterocycles. The Labute approximate surface area is 115 Å². The molecule has 0 aromatic heterocycles. The third kappa shape index (κ3) is 3.28. The van der Waals surface area contributed by atoms with Gasteiger partial charge in [-0.25, -0.2) is 0 Å². The van der Waals surface area contributed by atoms with E-state index in [9.17, 15) is 10.2 Å². The number of hydrogen-bond acceptors (Lipinski definition) is 3. The summed E-state index contributed by atoms with van der Waals surface area (Å²) in [5.41, 5.74) is 3.34. The zero-order valence-electron chi connectivity index (χ0n) is 12.2. The Morgan fingerprint density at radius 3 is 2.58 bits per heavy atom. The summed E-state index contributed by atoms with van der Waals surface area (Å²) >= 11 is 0. The molecule has 1 saturated heterocycles. The van der Waals surface area contributed by atoms with Gasteiger partial charge in [0.1, 0.15) is 5.75 Å². The smallest absolute Gasteiger partial charge is 0.120 e. The predicted octanol–water partition coefficient (Wildman–Crippen LogP) is 2.60. The van der Waals surface area contributed by atoms with Gasteiger partial charge in [0.05, 0.1) is 0 Å². The number of aromatic hydroxyl groups is 1. The van der Waals surface area contributed by atoms with Gasteiger partial charge in [0.15, 0.2) is 0 Å². The zero-order chi connectivity index (χ0) is 14.0. The van der Waals surface area contributed by atoms with Crippen LogP contribution in [0.5, 0.6) is 5.75 Å². The largest absolute Gasteiger partial charge is 0.508 e. The molecule has 19 heavy (non-hydrogen) atoms. The summed E-state index contributed by atoms with van der Waals surface area (Å²) in [6.45, 7) is 8.28. The van der Waals surface area contributed by atoms with Crippen LogP contribution in [0.25, 0.3) is 0 Å². The highest BCUT2D eigenvalue weighted by molar-refractivity contribution is 5.40. The highest BCUT2D eigenvalue weighted by Gasteiger charge is 2.25. The molecule has 0 radical (unpaired) electrons. The molecular weight excluding hydrogens is 238 g/mol. The van der Waals surface area contributed by atoms with E-state index in [-0.39, 0.29) is 6.61 Å². The molecule has 1 heterocycles. The average molecular weight is 263 g/mol. The second-order valence-corrected chi connectivity index (χ2v) is 5.97. The maximum absolute atomic E-state index is 10.1. The van der Waals surface area contributed by atoms with Crippen molar-refractivity contribution >= 4 is 0 Å². The Bertz CT molecular complexity index is 445. The lowest BCUT2D eigenvalue weighted by molar-refractivity contribution is 0.0766. The van der Waals surface area contributed by atoms with E-state index in [1.165, 1.54) is 5.56 Å². The molecule has 1 fully saturated rings. The van der Waals surface area contributed by atoms with Crippen LogP contribution >= 0.6 is 0 Å². The molecule has 0 saturated carbocycles. The van der Waals surface area contributed by atoms with Crippen molar-refractivity contribution in [1.82, 2.24) is 4.90 Å². The lowest BCUT2D eigenvalue weighted by Gasteiger charge is -2.37. The van der Waals surface area contributed by atoms with Crippen LogP contribution in [-0.2, 0) is 6.54 Å². The van der Waals surface area contributed by atoms with E-state index in [1.54, 1.807) is 0 Å². The summed E-state index contributed by atoms with van der Waals surface area (Å²) in [6.07, 6.45) is 2.23. The van der Waals surface area contributed by atoms with Gasteiger partial charge >= 0.3 is 0 Å². The van der Waals surface area contributed by atoms with Crippen molar-refractivity contribution in [3.63, 3.8) is 0 Å². The molecule has 1 aromatic carbocycles. The summed E-state index contributed by atoms with van der Waals surface area (Å²) in [4.78, 5) is 2.37. The summed E-state index contributed by atoms with van der Waals surface area (Å²) in [6, 6.07) is 4.45. The van der Waals surface area contributed by atoms with E-state index in [0.717, 1.165) is 37.1 Å². The molecule has 3 nitrogen and oxygen atoms in total. The minimum atomic E-state index is 0.266. The van der Waals surface area contributed by atoms with Gasteiger partial charge in [-0.05, 0) is 56.7 Å². The normalized spacial score (nSPS) is 24.6. The van der Waals surface area contributed by atoms with Gasteiger partial charge in [0.2, 0.25) is 0 Å². The van der Waals surface area contributed by atoms with Crippen LogP contribution in [0.1, 0.15) is 36.5 Å². The van der Waals surface area contributed by atoms with Crippen molar-refractivity contribution in [3.8, 4) is 5.75 Å². The van der Waals surface area contributed by atoms with Gasteiger partial charge in [0.25, 0.3) is 0 Å². The maximum Gasteiger partial charge on any atom is 0.120 e. The monoisotopic (exact) mass is 263 g/mol. The number of aliphatic hydroxyl groups is 1. The van der Waals surface area contributed by atoms with Crippen LogP contribution < -0.4 is 0 Å². The molecular formula is C16H25NO2. The molecule has 2 atom stereocenters. The summed E-state index contributed by atoms with van der Waals surface area (Å²) in [7, 11) is 0. The fourth-order valence-corrected chi connectivity index (χ4v) is 2.84. The van der Waals surface area contributed by atoms with Crippen LogP contribution in [-0.4, -0.2) is 34.3 Å². The minimum absolute atomic E-state index is 0.266. The van der Waals surface area contributed by atoms with E-state index in [4.69, 9.17) is 0 Å². The highest BCUT2D eigenvalue weighted by Crippen LogP contribution is 2.28. The predicted molar refractivity (Wildman–Crippen MR) is 77.3 cm³/mol. The molecule has 0 spiro atoms. The molecule has 0 bridgehead atoms. The number of likely N-dealkylation sites (tertiary alicyclic amines) is 1. The van der Waals surface area contributed by atoms with E-state index < -0.39 is 0 Å². The van der Waals surface area contributed by atoms with E-state index in [2.05, 4.69) is 24.8 Å². The standard InChI is InChI=1S/C16H25NO2/c1-11-6-15(16(19)7-12(11)2)9-17-8-14(10-18)5-4-13(17)3/h6-7,13-14,18-19H,4-5,8-10H2,1-3H3. The lowest BCUT2D eigenvalue weighted by Crippen LogP contribution is -2.42. The van der Waals surface area contributed by atoms with Crippen molar-refractivity contribution in [2.24, 2.45) is 5.92 Å². The Kier molecular flexibility index (Phi) is 4.48. The SMILES string of the molecule is Cc1cc(O)c(CN2CC(CO)CCC2C)cc1C. The van der Waals surface area contributed by atoms with Gasteiger partial charge in [-0.15, -0.1) is 0 Å². The van der Waals surface area contributed by atoms with Crippen LogP contribution in [0.15, 0.2) is 12.1 Å². The fourth-order valence-electron chi connectivity index (χ4n) is 2.84. The Hall–Kier alpha value is -1.06. The van der Waals surface area contributed by atoms with Gasteiger partial charge < -0.3 is 10.2 Å². The van der Waals surface area contributed by atoms with Gasteiger partial charge in [-0.3, -0.25) is 4.90 Å². The highest BCUT2D eigenvalue weighted by atomic mass is 16.3. The number of phenols is 1. The molecule has 2 N–H and O–H groups in total. The van der Waals surface area contributed by atoms with Gasteiger partial charge in [-0.1, -0.05) is 6.07 Å². The number of nitrogens with zero attached hydrogens (tertiary/aromatic N) is 1. The van der Waals surface area contributed by atoms with Crippen LogP contribution in [0.2, 0.25) is 0 Å². The summed E-state index contributed by atoms with van der Waals surface area (Å²) in [5, 5.41) is 19.4. The molecule has 0 amide bonds. The molecule has 0 aliphatic carbocycles. The molecule has 1 aliphatic rings. The van der Waals surface area contributed by atoms with Gasteiger partial charge in [-0.2, -0.15) is 0 Å². The number of phenolic OH excluding ortho intramolecular Hbond substituents is 1. The van der Waals surface area contributed by atoms with Crippen molar-refractivity contribution in [1.29, 1.82) is 0 Å². The Balaban J connectivity index is 2.13. The Morgan fingerprint density at radius 2 is 1.89 bits per heavy atom. The van der Waals surface area contributed by atoms with Crippen LogP contribution in [0.4, 0.5) is 0 Å². The Morgan fingerprint density at radius 1 is 1.21 bits per heavy atom. The number of piperidine rings is 1. The summed E-state index contributed by atoms with van der Waals surface area (Å²) in [5.74, 6) is 0.770. The summed E-state index contributed by atoms with van der Waals surface area (Å²) < 4.78 is 0. The van der Waals surface area contributed by atoms with Crippen molar-refractivity contribution in [2.45, 2.75) is 46.2 Å². The number of rotatable bonds is 3. The molecule has 2 rings (SSSR count). The lowest BCUT2D eigenvalue weighted by atomic mass is 9.93. The maximum atomic E-state index is 10.1. The second kappa shape index (κ2) is 5.93. The number of benzene rings is 1. The van der Waals surface area contributed by atoms with Gasteiger partial charge in [0, 0.05) is 31.3 Å². The van der Waals surface area contributed by atoms with E-state index in [1.807, 2.05) is 13.0 Å². The van der Waals surface area contributed by atoms with Crippen molar-refractivity contribution < 1.29 is 10.2 Å². The van der Waals surface area contributed by atoms with Crippen LogP contribution in [0.3, 0.4) is 0 Å². The van der Waals surface area contributed by atoms with Crippen LogP contribution in [0, 0.1) is 19.8 Å². The van der Waals surface area contributed by atoms with Crippen molar-refractivity contribution in [3.05, 3.63) is 28.8 Å². The quantitative estimate of drug-likeness (QED) is 0.881. The first-order chi connectivity index (χ1) is 9.01. The molecule has 1 aromatic rings. The number of hydrogen-bond donors (Lipinski definition) is 2. The first-order valence-corrected chi connectivity index (χ1v) is 7.15. The molecule has 3 heteroatoms. The van der Waals surface area contributed by atoms with E-state index >= 15 is 0 Å². The molecule has 106 valence electrons. The minimum Gasteiger partial charge on any atom is -0.508 e. The molecule has 2 unspecified atom stereocenters. The second-order valence-electron chi connectivity index (χ2n) is 5.97. The average Bonchev–Trinajstić information content (AvgIpc) is 2.38. The first-order valence-electron chi connectivity index (χ1n) is 7.15. The third-order valence-corrected chi connectivity index (χ3v) is 4.44. The van der Waals surface area contributed by atoms with E-state index in [0.29, 0.717) is 17.7 Å².